The molecule has 0 aromatic rings. The molecule has 1 aliphatic rings. The second kappa shape index (κ2) is 14.2. The fourth-order valence-electron chi connectivity index (χ4n) is 3.71. The molecule has 1 heterocycles. The van der Waals surface area contributed by atoms with Crippen molar-refractivity contribution in [1.29, 1.82) is 0 Å². The minimum atomic E-state index is -0.653. The molecule has 0 radical (unpaired) electrons. The van der Waals surface area contributed by atoms with E-state index in [-0.39, 0.29) is 12.1 Å². The third-order valence-electron chi connectivity index (χ3n) is 5.33. The van der Waals surface area contributed by atoms with Gasteiger partial charge in [-0.05, 0) is 27.2 Å². The Labute approximate surface area is 172 Å². The summed E-state index contributed by atoms with van der Waals surface area (Å²) in [6.07, 6.45) is 15.4. The highest BCUT2D eigenvalue weighted by molar-refractivity contribution is 5.68. The lowest BCUT2D eigenvalue weighted by molar-refractivity contribution is 0.0304. The van der Waals surface area contributed by atoms with Crippen LogP contribution in [0.5, 0.6) is 0 Å². The van der Waals surface area contributed by atoms with E-state index in [0.29, 0.717) is 6.61 Å². The molecule has 5 nitrogen and oxygen atoms in total. The van der Waals surface area contributed by atoms with Gasteiger partial charge in [0, 0.05) is 0 Å². The quantitative estimate of drug-likeness (QED) is 0.366. The predicted octanol–water partition coefficient (Wildman–Crippen LogP) is 5.73. The van der Waals surface area contributed by atoms with E-state index in [4.69, 9.17) is 9.47 Å². The number of carbonyl (C=O) groups is 1. The molecule has 0 spiro atoms. The van der Waals surface area contributed by atoms with Gasteiger partial charge in [0.1, 0.15) is 11.7 Å². The summed E-state index contributed by atoms with van der Waals surface area (Å²) in [7, 11) is 0. The molecule has 5 heteroatoms. The summed E-state index contributed by atoms with van der Waals surface area (Å²) in [6, 6.07) is -0.378. The first-order chi connectivity index (χ1) is 13.3. The number of ether oxygens (including phenoxy) is 2. The minimum Gasteiger partial charge on any atom is -0.444 e. The molecule has 0 aromatic carbocycles. The fraction of sp³-hybridized carbons (Fsp3) is 0.957. The van der Waals surface area contributed by atoms with Crippen molar-refractivity contribution >= 4 is 6.09 Å². The molecule has 1 fully saturated rings. The predicted molar refractivity (Wildman–Crippen MR) is 115 cm³/mol. The van der Waals surface area contributed by atoms with Gasteiger partial charge in [0.05, 0.1) is 18.8 Å². The Morgan fingerprint density at radius 3 is 1.96 bits per heavy atom. The smallest absolute Gasteiger partial charge is 0.408 e. The Morgan fingerprint density at radius 1 is 0.964 bits per heavy atom. The topological polar surface area (TPSA) is 67.8 Å². The Kier molecular flexibility index (Phi) is 12.8. The number of amides is 1. The van der Waals surface area contributed by atoms with Gasteiger partial charge in [-0.1, -0.05) is 84.0 Å². The number of rotatable bonds is 14. The molecule has 0 unspecified atom stereocenters. The standard InChI is InChI=1S/C23H45NO4/c1-5-6-7-8-9-10-11-12-13-14-15-16-17-20-21(25)19(18-27-20)24-22(26)28-23(2,3)4/h19-21,25H,5-18H2,1-4H3,(H,24,26)/t19-,20-,21+/m0/s1. The summed E-state index contributed by atoms with van der Waals surface area (Å²) in [5.41, 5.74) is -0.539. The van der Waals surface area contributed by atoms with E-state index in [9.17, 15) is 9.90 Å². The third kappa shape index (κ3) is 11.9. The van der Waals surface area contributed by atoms with Crippen LogP contribution in [0.15, 0.2) is 0 Å². The first kappa shape index (κ1) is 25.2. The van der Waals surface area contributed by atoms with Gasteiger partial charge in [-0.2, -0.15) is 0 Å². The zero-order valence-corrected chi connectivity index (χ0v) is 18.8. The summed E-state index contributed by atoms with van der Waals surface area (Å²) < 4.78 is 10.9. The molecule has 166 valence electrons. The van der Waals surface area contributed by atoms with Crippen LogP contribution in [0.1, 0.15) is 111 Å². The molecule has 1 aliphatic heterocycles. The molecule has 2 N–H and O–H groups in total. The van der Waals surface area contributed by atoms with Crippen LogP contribution in [-0.4, -0.2) is 41.7 Å². The number of aliphatic hydroxyl groups excluding tert-OH is 1. The normalized spacial score (nSPS) is 22.4. The number of carbonyl (C=O) groups excluding carboxylic acids is 1. The molecular formula is C23H45NO4. The number of hydrogen-bond donors (Lipinski definition) is 2. The largest absolute Gasteiger partial charge is 0.444 e. The lowest BCUT2D eigenvalue weighted by Crippen LogP contribution is -2.46. The maximum Gasteiger partial charge on any atom is 0.408 e. The number of alkyl carbamates (subject to hydrolysis) is 1. The van der Waals surface area contributed by atoms with Crippen LogP contribution in [0.25, 0.3) is 0 Å². The first-order valence-corrected chi connectivity index (χ1v) is 11.6. The van der Waals surface area contributed by atoms with Gasteiger partial charge < -0.3 is 19.9 Å². The van der Waals surface area contributed by atoms with E-state index >= 15 is 0 Å². The molecule has 0 aliphatic carbocycles. The third-order valence-corrected chi connectivity index (χ3v) is 5.33. The minimum absolute atomic E-state index is 0.178. The average Bonchev–Trinajstić information content (AvgIpc) is 2.94. The van der Waals surface area contributed by atoms with E-state index in [1.807, 2.05) is 20.8 Å². The second-order valence-electron chi connectivity index (χ2n) is 9.29. The van der Waals surface area contributed by atoms with Crippen molar-refractivity contribution in [3.05, 3.63) is 0 Å². The SMILES string of the molecule is CCCCCCCCCCCCCC[C@@H]1OC[C@H](NC(=O)OC(C)(C)C)[C@H]1O. The second-order valence-corrected chi connectivity index (χ2v) is 9.29. The first-order valence-electron chi connectivity index (χ1n) is 11.6. The lowest BCUT2D eigenvalue weighted by atomic mass is 10.0. The van der Waals surface area contributed by atoms with Crippen LogP contribution in [0.2, 0.25) is 0 Å². The lowest BCUT2D eigenvalue weighted by Gasteiger charge is -2.23. The van der Waals surface area contributed by atoms with Crippen LogP contribution < -0.4 is 5.32 Å². The number of nitrogens with one attached hydrogen (secondary N) is 1. The number of unbranched alkanes of at least 4 members (excludes halogenated alkanes) is 11. The highest BCUT2D eigenvalue weighted by Crippen LogP contribution is 2.21. The molecule has 0 aromatic heterocycles. The van der Waals surface area contributed by atoms with Crippen molar-refractivity contribution in [2.75, 3.05) is 6.61 Å². The van der Waals surface area contributed by atoms with Crippen molar-refractivity contribution in [3.63, 3.8) is 0 Å². The Hall–Kier alpha value is -0.810. The van der Waals surface area contributed by atoms with Crippen molar-refractivity contribution in [1.82, 2.24) is 5.32 Å². The van der Waals surface area contributed by atoms with Gasteiger partial charge in [0.15, 0.2) is 0 Å². The molecule has 1 saturated heterocycles. The maximum atomic E-state index is 11.8. The van der Waals surface area contributed by atoms with Crippen molar-refractivity contribution in [3.8, 4) is 0 Å². The highest BCUT2D eigenvalue weighted by Gasteiger charge is 2.37. The van der Waals surface area contributed by atoms with Crippen molar-refractivity contribution in [2.45, 2.75) is 135 Å². The molecule has 28 heavy (non-hydrogen) atoms. The summed E-state index contributed by atoms with van der Waals surface area (Å²) in [6.45, 7) is 8.09. The Bertz CT molecular complexity index is 408. The van der Waals surface area contributed by atoms with E-state index in [2.05, 4.69) is 12.2 Å². The van der Waals surface area contributed by atoms with Gasteiger partial charge >= 0.3 is 6.09 Å². The summed E-state index contributed by atoms with van der Waals surface area (Å²) >= 11 is 0. The van der Waals surface area contributed by atoms with Crippen molar-refractivity contribution < 1.29 is 19.4 Å². The zero-order chi connectivity index (χ0) is 20.8. The van der Waals surface area contributed by atoms with Gasteiger partial charge in [-0.3, -0.25) is 0 Å². The van der Waals surface area contributed by atoms with Crippen LogP contribution in [0, 0.1) is 0 Å². The van der Waals surface area contributed by atoms with Crippen LogP contribution in [0.3, 0.4) is 0 Å². The maximum absolute atomic E-state index is 11.8. The van der Waals surface area contributed by atoms with Gasteiger partial charge in [-0.25, -0.2) is 4.79 Å². The average molecular weight is 400 g/mol. The van der Waals surface area contributed by atoms with Crippen molar-refractivity contribution in [2.24, 2.45) is 0 Å². The monoisotopic (exact) mass is 399 g/mol. The van der Waals surface area contributed by atoms with E-state index in [0.717, 1.165) is 12.8 Å². The Morgan fingerprint density at radius 2 is 1.46 bits per heavy atom. The molecule has 3 atom stereocenters. The molecule has 0 bridgehead atoms. The molecule has 1 amide bonds. The number of hydrogen-bond acceptors (Lipinski definition) is 4. The van der Waals surface area contributed by atoms with E-state index in [1.54, 1.807) is 0 Å². The summed E-state index contributed by atoms with van der Waals surface area (Å²) in [5, 5.41) is 13.1. The van der Waals surface area contributed by atoms with Crippen LogP contribution >= 0.6 is 0 Å². The van der Waals surface area contributed by atoms with Gasteiger partial charge in [0.25, 0.3) is 0 Å². The Balaban J connectivity index is 1.99. The van der Waals surface area contributed by atoms with Gasteiger partial charge in [0.2, 0.25) is 0 Å². The summed E-state index contributed by atoms with van der Waals surface area (Å²) in [4.78, 5) is 11.8. The van der Waals surface area contributed by atoms with Crippen LogP contribution in [0.4, 0.5) is 4.79 Å². The van der Waals surface area contributed by atoms with E-state index in [1.165, 1.54) is 70.6 Å². The number of aliphatic hydroxyl groups is 1. The zero-order valence-electron chi connectivity index (χ0n) is 18.8. The van der Waals surface area contributed by atoms with Gasteiger partial charge in [-0.15, -0.1) is 0 Å². The summed E-state index contributed by atoms with van der Waals surface area (Å²) in [5.74, 6) is 0. The molecular weight excluding hydrogens is 354 g/mol. The molecule has 0 saturated carbocycles. The van der Waals surface area contributed by atoms with Crippen LogP contribution in [-0.2, 0) is 9.47 Å². The highest BCUT2D eigenvalue weighted by atomic mass is 16.6. The fourth-order valence-corrected chi connectivity index (χ4v) is 3.71. The van der Waals surface area contributed by atoms with E-state index < -0.39 is 17.8 Å². The molecule has 1 rings (SSSR count).